The molecule has 1 aliphatic rings. The van der Waals surface area contributed by atoms with E-state index in [9.17, 15) is 22.8 Å². The number of imide groups is 1. The van der Waals surface area contributed by atoms with E-state index in [0.29, 0.717) is 11.3 Å². The predicted molar refractivity (Wildman–Crippen MR) is 111 cm³/mol. The molecule has 2 aromatic carbocycles. The fourth-order valence-corrected chi connectivity index (χ4v) is 4.91. The van der Waals surface area contributed by atoms with Crippen LogP contribution in [-0.2, 0) is 27.8 Å². The molecule has 1 aromatic heterocycles. The summed E-state index contributed by atoms with van der Waals surface area (Å²) in [6.07, 6.45) is 0.581. The molecule has 0 bridgehead atoms. The number of furan rings is 1. The molecule has 164 valence electrons. The fourth-order valence-electron chi connectivity index (χ4n) is 3.35. The number of hydrogen-bond acceptors (Lipinski definition) is 7. The lowest BCUT2D eigenvalue weighted by Gasteiger charge is -2.19. The predicted octanol–water partition coefficient (Wildman–Crippen LogP) is 3.03. The van der Waals surface area contributed by atoms with Gasteiger partial charge in [0.05, 0.1) is 32.0 Å². The van der Waals surface area contributed by atoms with Gasteiger partial charge < -0.3 is 9.15 Å². The zero-order chi connectivity index (χ0) is 22.9. The van der Waals surface area contributed by atoms with Gasteiger partial charge in [0.15, 0.2) is 0 Å². The quantitative estimate of drug-likeness (QED) is 0.582. The first kappa shape index (κ1) is 21.3. The Labute approximate surface area is 183 Å². The zero-order valence-electron chi connectivity index (χ0n) is 16.9. The van der Waals surface area contributed by atoms with E-state index in [1.807, 2.05) is 0 Å². The van der Waals surface area contributed by atoms with E-state index in [1.165, 1.54) is 49.8 Å². The molecule has 0 unspecified atom stereocenters. The van der Waals surface area contributed by atoms with E-state index in [4.69, 9.17) is 9.15 Å². The molecule has 9 nitrogen and oxygen atoms in total. The minimum Gasteiger partial charge on any atom is -0.467 e. The highest BCUT2D eigenvalue weighted by molar-refractivity contribution is 7.90. The lowest BCUT2D eigenvalue weighted by Crippen LogP contribution is -2.36. The number of ether oxygens (including phenoxy) is 1. The third-order valence-corrected chi connectivity index (χ3v) is 6.76. The minimum absolute atomic E-state index is 0.0246. The first-order valence-electron chi connectivity index (χ1n) is 9.50. The molecule has 0 aliphatic carbocycles. The summed E-state index contributed by atoms with van der Waals surface area (Å²) in [6, 6.07) is 15.3. The van der Waals surface area contributed by atoms with Crippen LogP contribution in [-0.4, -0.2) is 42.6 Å². The number of benzene rings is 2. The normalized spacial score (nSPS) is 14.2. The van der Waals surface area contributed by atoms with Gasteiger partial charge in [-0.15, -0.1) is 0 Å². The van der Waals surface area contributed by atoms with Gasteiger partial charge in [-0.2, -0.15) is 0 Å². The molecular formula is C22H18N2O7S. The van der Waals surface area contributed by atoms with Crippen LogP contribution < -0.4 is 0 Å². The Morgan fingerprint density at radius 1 is 1.03 bits per heavy atom. The van der Waals surface area contributed by atoms with Crippen LogP contribution in [0.2, 0.25) is 0 Å². The van der Waals surface area contributed by atoms with Crippen molar-refractivity contribution in [3.8, 4) is 0 Å². The van der Waals surface area contributed by atoms with Crippen molar-refractivity contribution in [2.45, 2.75) is 18.0 Å². The number of carbonyl (C=O) groups is 3. The van der Waals surface area contributed by atoms with Crippen LogP contribution >= 0.6 is 0 Å². The number of rotatable bonds is 5. The Morgan fingerprint density at radius 3 is 2.38 bits per heavy atom. The van der Waals surface area contributed by atoms with Gasteiger partial charge in [-0.3, -0.25) is 9.59 Å². The molecule has 0 saturated carbocycles. The number of nitrogens with zero attached hydrogens (tertiary/aromatic N) is 2. The molecule has 3 aromatic rings. The molecule has 0 saturated heterocycles. The highest BCUT2D eigenvalue weighted by Crippen LogP contribution is 2.31. The lowest BCUT2D eigenvalue weighted by atomic mass is 10.1. The Morgan fingerprint density at radius 2 is 1.75 bits per heavy atom. The summed E-state index contributed by atoms with van der Waals surface area (Å²) in [5.74, 6) is -0.814. The third-order valence-electron chi connectivity index (χ3n) is 4.97. The van der Waals surface area contributed by atoms with E-state index in [0.717, 1.165) is 9.21 Å². The van der Waals surface area contributed by atoms with Crippen molar-refractivity contribution in [2.24, 2.45) is 0 Å². The maximum absolute atomic E-state index is 12.9. The number of carbonyl (C=O) groups excluding carboxylic acids is 3. The molecule has 0 radical (unpaired) electrons. The molecule has 0 N–H and O–H groups in total. The number of hydrogen-bond donors (Lipinski definition) is 0. The summed E-state index contributed by atoms with van der Waals surface area (Å²) in [5, 5.41) is 0. The number of methoxy groups -OCH3 is 1. The molecule has 4 rings (SSSR count). The summed E-state index contributed by atoms with van der Waals surface area (Å²) in [7, 11) is -2.77. The average molecular weight is 454 g/mol. The SMILES string of the molecule is COC(=O)N(Cc1ccco1)C(=O)c1ccc(CN2C(=O)c3ccccc3S2(=O)=O)cc1. The van der Waals surface area contributed by atoms with Crippen LogP contribution in [0.5, 0.6) is 0 Å². The lowest BCUT2D eigenvalue weighted by molar-refractivity contribution is 0.0679. The number of sulfonamides is 1. The summed E-state index contributed by atoms with van der Waals surface area (Å²) >= 11 is 0. The van der Waals surface area contributed by atoms with Gasteiger partial charge in [0.1, 0.15) is 10.7 Å². The Bertz CT molecular complexity index is 1280. The first-order chi connectivity index (χ1) is 15.3. The van der Waals surface area contributed by atoms with Crippen molar-refractivity contribution in [1.29, 1.82) is 0 Å². The molecular weight excluding hydrogens is 436 g/mol. The maximum Gasteiger partial charge on any atom is 0.416 e. The zero-order valence-corrected chi connectivity index (χ0v) is 17.7. The highest BCUT2D eigenvalue weighted by atomic mass is 32.2. The van der Waals surface area contributed by atoms with E-state index in [1.54, 1.807) is 24.3 Å². The van der Waals surface area contributed by atoms with Gasteiger partial charge in [0, 0.05) is 5.56 Å². The Kier molecular flexibility index (Phi) is 5.54. The van der Waals surface area contributed by atoms with Gasteiger partial charge in [-0.1, -0.05) is 24.3 Å². The van der Waals surface area contributed by atoms with Crippen LogP contribution in [0.1, 0.15) is 32.0 Å². The molecule has 0 fully saturated rings. The van der Waals surface area contributed by atoms with E-state index >= 15 is 0 Å². The Hall–Kier alpha value is -3.92. The van der Waals surface area contributed by atoms with Crippen LogP contribution in [0, 0.1) is 0 Å². The van der Waals surface area contributed by atoms with Crippen molar-refractivity contribution < 1.29 is 32.0 Å². The number of fused-ring (bicyclic) bond motifs is 1. The van der Waals surface area contributed by atoms with Crippen molar-refractivity contribution >= 4 is 27.9 Å². The van der Waals surface area contributed by atoms with E-state index < -0.39 is 27.9 Å². The van der Waals surface area contributed by atoms with Gasteiger partial charge >= 0.3 is 6.09 Å². The van der Waals surface area contributed by atoms with Crippen molar-refractivity contribution in [2.75, 3.05) is 7.11 Å². The molecule has 1 aliphatic heterocycles. The summed E-state index contributed by atoms with van der Waals surface area (Å²) in [4.78, 5) is 38.4. The molecule has 0 spiro atoms. The van der Waals surface area contributed by atoms with Crippen LogP contribution in [0.25, 0.3) is 0 Å². The minimum atomic E-state index is -3.94. The van der Waals surface area contributed by atoms with Crippen LogP contribution in [0.15, 0.2) is 76.2 Å². The fraction of sp³-hybridized carbons (Fsp3) is 0.136. The van der Waals surface area contributed by atoms with Crippen LogP contribution in [0.4, 0.5) is 4.79 Å². The van der Waals surface area contributed by atoms with E-state index in [-0.39, 0.29) is 29.1 Å². The molecule has 32 heavy (non-hydrogen) atoms. The maximum atomic E-state index is 12.9. The number of amides is 3. The summed E-state index contributed by atoms with van der Waals surface area (Å²) in [6.45, 7) is -0.295. The van der Waals surface area contributed by atoms with Crippen molar-refractivity contribution in [1.82, 2.24) is 9.21 Å². The van der Waals surface area contributed by atoms with Gasteiger partial charge in [0.25, 0.3) is 21.8 Å². The van der Waals surface area contributed by atoms with Gasteiger partial charge in [-0.25, -0.2) is 22.4 Å². The Balaban J connectivity index is 1.53. The largest absolute Gasteiger partial charge is 0.467 e. The second kappa shape index (κ2) is 8.31. The smallest absolute Gasteiger partial charge is 0.416 e. The van der Waals surface area contributed by atoms with Gasteiger partial charge in [0.2, 0.25) is 0 Å². The topological polar surface area (TPSA) is 114 Å². The third kappa shape index (κ3) is 3.76. The molecule has 10 heteroatoms. The van der Waals surface area contributed by atoms with Crippen molar-refractivity contribution in [3.63, 3.8) is 0 Å². The van der Waals surface area contributed by atoms with Crippen LogP contribution in [0.3, 0.4) is 0 Å². The average Bonchev–Trinajstić information content (AvgIpc) is 3.39. The highest BCUT2D eigenvalue weighted by Gasteiger charge is 2.40. The van der Waals surface area contributed by atoms with Gasteiger partial charge in [-0.05, 0) is 42.0 Å². The second-order valence-electron chi connectivity index (χ2n) is 6.95. The van der Waals surface area contributed by atoms with E-state index in [2.05, 4.69) is 0 Å². The standard InChI is InChI=1S/C22H18N2O7S/c1-30-22(27)23(14-17-5-4-12-31-17)20(25)16-10-8-15(9-11-16)13-24-21(26)18-6-2-3-7-19(18)32(24,28)29/h2-12H,13-14H2,1H3. The summed E-state index contributed by atoms with van der Waals surface area (Å²) in [5.41, 5.74) is 0.817. The molecule has 2 heterocycles. The first-order valence-corrected chi connectivity index (χ1v) is 10.9. The summed E-state index contributed by atoms with van der Waals surface area (Å²) < 4.78 is 36.1. The monoisotopic (exact) mass is 454 g/mol. The molecule has 0 atom stereocenters. The molecule has 3 amide bonds. The second-order valence-corrected chi connectivity index (χ2v) is 8.78. The van der Waals surface area contributed by atoms with Crippen molar-refractivity contribution in [3.05, 3.63) is 89.4 Å².